The molecule has 2 aromatic carbocycles. The molecule has 0 heterocycles. The van der Waals surface area contributed by atoms with Crippen molar-refractivity contribution in [3.8, 4) is 17.6 Å². The van der Waals surface area contributed by atoms with Crippen molar-refractivity contribution in [2.75, 3.05) is 14.2 Å². The molecule has 120 valence electrons. The molecule has 2 aromatic rings. The zero-order valence-electron chi connectivity index (χ0n) is 13.2. The molecule has 0 aromatic heterocycles. The van der Waals surface area contributed by atoms with Crippen LogP contribution in [0.2, 0.25) is 0 Å². The Balaban J connectivity index is 2.41. The van der Waals surface area contributed by atoms with E-state index in [1.807, 2.05) is 6.07 Å². The molecule has 23 heavy (non-hydrogen) atoms. The van der Waals surface area contributed by atoms with E-state index in [1.54, 1.807) is 37.3 Å². The van der Waals surface area contributed by atoms with Gasteiger partial charge in [0.1, 0.15) is 0 Å². The van der Waals surface area contributed by atoms with Gasteiger partial charge in [0.05, 0.1) is 36.5 Å². The number of ether oxygens (including phenoxy) is 2. The van der Waals surface area contributed by atoms with Crippen LogP contribution < -0.4 is 9.47 Å². The van der Waals surface area contributed by atoms with Crippen LogP contribution in [0.1, 0.15) is 16.7 Å². The Kier molecular flexibility index (Phi) is 4.92. The van der Waals surface area contributed by atoms with Gasteiger partial charge in [-0.3, -0.25) is 0 Å². The first-order valence-corrected chi connectivity index (χ1v) is 8.51. The predicted octanol–water partition coefficient (Wildman–Crippen LogP) is 2.86. The van der Waals surface area contributed by atoms with Gasteiger partial charge < -0.3 is 9.47 Å². The van der Waals surface area contributed by atoms with Crippen LogP contribution in [0, 0.1) is 18.3 Å². The number of nitrogens with zero attached hydrogens (tertiary/aromatic N) is 1. The van der Waals surface area contributed by atoms with Crippen LogP contribution in [0.25, 0.3) is 0 Å². The van der Waals surface area contributed by atoms with Crippen molar-refractivity contribution in [3.63, 3.8) is 0 Å². The van der Waals surface area contributed by atoms with Gasteiger partial charge in [0.25, 0.3) is 0 Å². The van der Waals surface area contributed by atoms with Crippen molar-refractivity contribution in [1.29, 1.82) is 5.26 Å². The van der Waals surface area contributed by atoms with E-state index in [2.05, 4.69) is 0 Å². The summed E-state index contributed by atoms with van der Waals surface area (Å²) in [5.74, 6) is 0.716. The van der Waals surface area contributed by atoms with E-state index in [-0.39, 0.29) is 10.6 Å². The van der Waals surface area contributed by atoms with E-state index in [0.717, 1.165) is 0 Å². The van der Waals surface area contributed by atoms with Gasteiger partial charge in [-0.15, -0.1) is 0 Å². The lowest BCUT2D eigenvalue weighted by Gasteiger charge is -2.13. The third-order valence-corrected chi connectivity index (χ3v) is 5.28. The first-order valence-electron chi connectivity index (χ1n) is 6.85. The quantitative estimate of drug-likeness (QED) is 0.842. The molecule has 0 aliphatic carbocycles. The Hall–Kier alpha value is -2.52. The highest BCUT2D eigenvalue weighted by Gasteiger charge is 2.21. The molecule has 0 unspecified atom stereocenters. The molecule has 0 aliphatic rings. The lowest BCUT2D eigenvalue weighted by molar-refractivity contribution is 0.353. The predicted molar refractivity (Wildman–Crippen MR) is 86.3 cm³/mol. The van der Waals surface area contributed by atoms with Crippen LogP contribution >= 0.6 is 0 Å². The highest BCUT2D eigenvalue weighted by Crippen LogP contribution is 2.33. The van der Waals surface area contributed by atoms with Crippen molar-refractivity contribution in [3.05, 3.63) is 53.1 Å². The number of rotatable bonds is 5. The van der Waals surface area contributed by atoms with Crippen molar-refractivity contribution in [2.24, 2.45) is 0 Å². The van der Waals surface area contributed by atoms with Gasteiger partial charge >= 0.3 is 0 Å². The summed E-state index contributed by atoms with van der Waals surface area (Å²) in [5.41, 5.74) is 1.71. The van der Waals surface area contributed by atoms with Gasteiger partial charge in [-0.1, -0.05) is 12.1 Å². The number of aryl methyl sites for hydroxylation is 1. The summed E-state index contributed by atoms with van der Waals surface area (Å²) in [6, 6.07) is 11.6. The summed E-state index contributed by atoms with van der Waals surface area (Å²) in [6.45, 7) is 1.72. The first-order chi connectivity index (χ1) is 10.9. The first kappa shape index (κ1) is 16.8. The van der Waals surface area contributed by atoms with E-state index in [9.17, 15) is 8.42 Å². The third kappa shape index (κ3) is 3.63. The number of nitriles is 1. The Morgan fingerprint density at radius 2 is 1.61 bits per heavy atom. The number of methoxy groups -OCH3 is 2. The fourth-order valence-electron chi connectivity index (χ4n) is 2.27. The monoisotopic (exact) mass is 331 g/mol. The molecule has 0 spiro atoms. The molecular weight excluding hydrogens is 314 g/mol. The fourth-order valence-corrected chi connectivity index (χ4v) is 3.89. The van der Waals surface area contributed by atoms with Gasteiger partial charge in [-0.05, 0) is 36.2 Å². The third-order valence-electron chi connectivity index (χ3n) is 3.46. The molecule has 2 rings (SSSR count). The van der Waals surface area contributed by atoms with Crippen LogP contribution in [0.15, 0.2) is 41.3 Å². The lowest BCUT2D eigenvalue weighted by Crippen LogP contribution is -2.08. The van der Waals surface area contributed by atoms with Crippen LogP contribution in [0.4, 0.5) is 0 Å². The molecule has 0 atom stereocenters. The molecule has 0 amide bonds. The number of hydrogen-bond donors (Lipinski definition) is 0. The Labute approximate surface area is 136 Å². The van der Waals surface area contributed by atoms with E-state index in [1.165, 1.54) is 20.3 Å². The van der Waals surface area contributed by atoms with Gasteiger partial charge in [0.2, 0.25) is 0 Å². The normalized spacial score (nSPS) is 10.9. The molecule has 0 N–H and O–H groups in total. The van der Waals surface area contributed by atoms with Gasteiger partial charge in [0, 0.05) is 6.07 Å². The minimum absolute atomic E-state index is 0.144. The van der Waals surface area contributed by atoms with Gasteiger partial charge in [-0.2, -0.15) is 5.26 Å². The molecule has 0 fully saturated rings. The average Bonchev–Trinajstić information content (AvgIpc) is 2.54. The maximum atomic E-state index is 12.7. The summed E-state index contributed by atoms with van der Waals surface area (Å²) >= 11 is 0. The summed E-state index contributed by atoms with van der Waals surface area (Å²) < 4.78 is 35.7. The zero-order valence-corrected chi connectivity index (χ0v) is 14.0. The average molecular weight is 331 g/mol. The van der Waals surface area contributed by atoms with Gasteiger partial charge in [0.15, 0.2) is 21.3 Å². The largest absolute Gasteiger partial charge is 0.493 e. The van der Waals surface area contributed by atoms with E-state index >= 15 is 0 Å². The molecule has 0 saturated carbocycles. The summed E-state index contributed by atoms with van der Waals surface area (Å²) in [5, 5.41) is 8.79. The number of hydrogen-bond acceptors (Lipinski definition) is 5. The van der Waals surface area contributed by atoms with Crippen molar-refractivity contribution >= 4 is 9.84 Å². The van der Waals surface area contributed by atoms with Crippen molar-refractivity contribution in [2.45, 2.75) is 17.6 Å². The maximum absolute atomic E-state index is 12.7. The topological polar surface area (TPSA) is 76.4 Å². The number of sulfone groups is 1. The lowest BCUT2D eigenvalue weighted by atomic mass is 10.2. The fraction of sp³-hybridized carbons (Fsp3) is 0.235. The van der Waals surface area contributed by atoms with E-state index in [0.29, 0.717) is 28.2 Å². The highest BCUT2D eigenvalue weighted by atomic mass is 32.2. The summed E-state index contributed by atoms with van der Waals surface area (Å²) in [7, 11) is -0.575. The molecule has 6 heteroatoms. The smallest absolute Gasteiger partial charge is 0.182 e. The van der Waals surface area contributed by atoms with E-state index < -0.39 is 9.84 Å². The zero-order chi connectivity index (χ0) is 17.0. The van der Waals surface area contributed by atoms with Crippen LogP contribution in [-0.4, -0.2) is 22.6 Å². The number of benzene rings is 2. The van der Waals surface area contributed by atoms with Crippen LogP contribution in [-0.2, 0) is 15.6 Å². The Morgan fingerprint density at radius 3 is 2.13 bits per heavy atom. The standard InChI is InChI=1S/C17H17NO4S/c1-12-8-15(21-2)16(22-3)9-17(12)23(19,20)11-14-6-4-13(10-18)5-7-14/h4-9H,11H2,1-3H3. The molecule has 0 radical (unpaired) electrons. The molecular formula is C17H17NO4S. The summed E-state index contributed by atoms with van der Waals surface area (Å²) in [6.07, 6.45) is 0. The SMILES string of the molecule is COc1cc(C)c(S(=O)(=O)Cc2ccc(C#N)cc2)cc1OC. The minimum Gasteiger partial charge on any atom is -0.493 e. The van der Waals surface area contributed by atoms with Crippen LogP contribution in [0.3, 0.4) is 0 Å². The summed E-state index contributed by atoms with van der Waals surface area (Å²) in [4.78, 5) is 0.208. The van der Waals surface area contributed by atoms with Gasteiger partial charge in [-0.25, -0.2) is 8.42 Å². The highest BCUT2D eigenvalue weighted by molar-refractivity contribution is 7.90. The second kappa shape index (κ2) is 6.71. The second-order valence-corrected chi connectivity index (χ2v) is 7.00. The molecule has 0 aliphatic heterocycles. The molecule has 0 bridgehead atoms. The van der Waals surface area contributed by atoms with E-state index in [4.69, 9.17) is 14.7 Å². The van der Waals surface area contributed by atoms with Crippen LogP contribution in [0.5, 0.6) is 11.5 Å². The Morgan fingerprint density at radius 1 is 1.04 bits per heavy atom. The molecule has 0 saturated heterocycles. The maximum Gasteiger partial charge on any atom is 0.182 e. The van der Waals surface area contributed by atoms with Crippen molar-refractivity contribution in [1.82, 2.24) is 0 Å². The van der Waals surface area contributed by atoms with Crippen molar-refractivity contribution < 1.29 is 17.9 Å². The minimum atomic E-state index is -3.54. The second-order valence-electron chi connectivity index (χ2n) is 5.04. The Bertz CT molecular complexity index is 849. The molecule has 5 nitrogen and oxygen atoms in total.